The molecule has 2 aromatic rings. The monoisotopic (exact) mass is 417 g/mol. The zero-order valence-corrected chi connectivity index (χ0v) is 17.0. The molecule has 5 rings (SSSR count). The van der Waals surface area contributed by atoms with Crippen molar-refractivity contribution in [2.24, 2.45) is 11.1 Å². The molecule has 0 aliphatic carbocycles. The van der Waals surface area contributed by atoms with E-state index in [1.807, 2.05) is 12.1 Å². The van der Waals surface area contributed by atoms with E-state index in [1.54, 1.807) is 30.3 Å². The lowest BCUT2D eigenvalue weighted by Gasteiger charge is -2.44. The molecule has 3 aliphatic heterocycles. The molecule has 1 atom stereocenters. The maximum atomic E-state index is 12.6. The van der Waals surface area contributed by atoms with Crippen molar-refractivity contribution in [2.45, 2.75) is 33.6 Å². The van der Waals surface area contributed by atoms with Gasteiger partial charge < -0.3 is 10.2 Å². The fourth-order valence-corrected chi connectivity index (χ4v) is 5.88. The van der Waals surface area contributed by atoms with Crippen LogP contribution in [0.15, 0.2) is 63.2 Å². The molecule has 0 saturated carbocycles. The van der Waals surface area contributed by atoms with Gasteiger partial charge >= 0.3 is 0 Å². The summed E-state index contributed by atoms with van der Waals surface area (Å²) in [4.78, 5) is 16.5. The van der Waals surface area contributed by atoms with Gasteiger partial charge in [-0.25, -0.2) is 13.6 Å². The van der Waals surface area contributed by atoms with Gasteiger partial charge in [0.15, 0.2) is 0 Å². The standard InChI is InChI=1S/C20H23N3O3S2/c21-28(25,26)19-4-2-1-3-18(19)27-16-7-5-15(6-8-16)20(24)22-17-13-23-11-9-14(17)10-12-23/h1-8,14,17H,9-13H2,(H,22,24)(H2,21,25,26). The zero-order chi connectivity index (χ0) is 19.7. The maximum absolute atomic E-state index is 12.6. The van der Waals surface area contributed by atoms with Gasteiger partial charge in [0.2, 0.25) is 10.0 Å². The lowest BCUT2D eigenvalue weighted by atomic mass is 9.84. The molecule has 0 radical (unpaired) electrons. The summed E-state index contributed by atoms with van der Waals surface area (Å²) in [5.41, 5.74) is 0.612. The largest absolute Gasteiger partial charge is 0.348 e. The van der Waals surface area contributed by atoms with Crippen molar-refractivity contribution in [1.29, 1.82) is 0 Å². The van der Waals surface area contributed by atoms with Crippen LogP contribution in [0.25, 0.3) is 0 Å². The number of benzene rings is 2. The minimum atomic E-state index is -3.78. The van der Waals surface area contributed by atoms with Crippen LogP contribution in [0, 0.1) is 5.92 Å². The number of nitrogens with two attached hydrogens (primary N) is 1. The van der Waals surface area contributed by atoms with Gasteiger partial charge in [-0.2, -0.15) is 0 Å². The van der Waals surface area contributed by atoms with Gasteiger partial charge in [0.25, 0.3) is 5.91 Å². The molecule has 8 heteroatoms. The van der Waals surface area contributed by atoms with Crippen molar-refractivity contribution in [3.8, 4) is 0 Å². The van der Waals surface area contributed by atoms with Crippen molar-refractivity contribution >= 4 is 27.7 Å². The van der Waals surface area contributed by atoms with Crippen molar-refractivity contribution in [3.05, 3.63) is 54.1 Å². The molecule has 3 N–H and O–H groups in total. The minimum absolute atomic E-state index is 0.0553. The number of rotatable bonds is 5. The number of nitrogens with one attached hydrogen (secondary N) is 1. The summed E-state index contributed by atoms with van der Waals surface area (Å²) in [6.07, 6.45) is 2.31. The lowest BCUT2D eigenvalue weighted by Crippen LogP contribution is -2.57. The smallest absolute Gasteiger partial charge is 0.251 e. The molecule has 3 heterocycles. The maximum Gasteiger partial charge on any atom is 0.251 e. The predicted octanol–water partition coefficient (Wildman–Crippen LogP) is 2.31. The lowest BCUT2D eigenvalue weighted by molar-refractivity contribution is 0.0620. The molecule has 148 valence electrons. The van der Waals surface area contributed by atoms with Gasteiger partial charge in [0, 0.05) is 27.9 Å². The van der Waals surface area contributed by atoms with Crippen molar-refractivity contribution in [3.63, 3.8) is 0 Å². The second-order valence-corrected chi connectivity index (χ2v) is 9.98. The Balaban J connectivity index is 1.44. The second-order valence-electron chi connectivity index (χ2n) is 7.34. The van der Waals surface area contributed by atoms with E-state index in [2.05, 4.69) is 10.2 Å². The summed E-state index contributed by atoms with van der Waals surface area (Å²) >= 11 is 1.31. The van der Waals surface area contributed by atoms with Crippen LogP contribution in [0.3, 0.4) is 0 Å². The summed E-state index contributed by atoms with van der Waals surface area (Å²) in [5, 5.41) is 8.47. The van der Waals surface area contributed by atoms with Crippen molar-refractivity contribution in [1.82, 2.24) is 10.2 Å². The molecular formula is C20H23N3O3S2. The third kappa shape index (κ3) is 4.25. The molecule has 0 aromatic heterocycles. The number of sulfonamides is 1. The molecule has 2 aromatic carbocycles. The van der Waals surface area contributed by atoms with Gasteiger partial charge in [-0.05, 0) is 68.2 Å². The number of hydrogen-bond donors (Lipinski definition) is 2. The summed E-state index contributed by atoms with van der Waals surface area (Å²) in [6, 6.07) is 14.1. The van der Waals surface area contributed by atoms with E-state index in [1.165, 1.54) is 17.8 Å². The minimum Gasteiger partial charge on any atom is -0.348 e. The highest BCUT2D eigenvalue weighted by Gasteiger charge is 2.34. The number of nitrogens with zero attached hydrogens (tertiary/aromatic N) is 1. The number of carbonyl (C=O) groups excluding carboxylic acids is 1. The van der Waals surface area contributed by atoms with Gasteiger partial charge in [0.05, 0.1) is 4.90 Å². The fourth-order valence-electron chi connectivity index (χ4n) is 3.95. The normalized spacial score (nSPS) is 24.1. The first-order valence-electron chi connectivity index (χ1n) is 9.33. The summed E-state index contributed by atoms with van der Waals surface area (Å²) in [6.45, 7) is 3.22. The number of carbonyl (C=O) groups is 1. The first kappa shape index (κ1) is 19.4. The highest BCUT2D eigenvalue weighted by molar-refractivity contribution is 8.00. The first-order valence-corrected chi connectivity index (χ1v) is 11.7. The Kier molecular flexibility index (Phi) is 5.46. The van der Waals surface area contributed by atoms with Crippen LogP contribution in [-0.2, 0) is 10.0 Å². The Bertz CT molecular complexity index is 968. The Labute approximate surface area is 169 Å². The van der Waals surface area contributed by atoms with Gasteiger partial charge in [-0.15, -0.1) is 0 Å². The van der Waals surface area contributed by atoms with E-state index >= 15 is 0 Å². The second kappa shape index (κ2) is 7.87. The average Bonchev–Trinajstić information content (AvgIpc) is 2.69. The Morgan fingerprint density at radius 3 is 2.36 bits per heavy atom. The van der Waals surface area contributed by atoms with Crippen molar-refractivity contribution in [2.75, 3.05) is 19.6 Å². The fraction of sp³-hybridized carbons (Fsp3) is 0.350. The molecule has 1 unspecified atom stereocenters. The third-order valence-electron chi connectivity index (χ3n) is 5.47. The topological polar surface area (TPSA) is 92.5 Å². The van der Waals surface area contributed by atoms with Crippen LogP contribution in [0.5, 0.6) is 0 Å². The predicted molar refractivity (Wildman–Crippen MR) is 109 cm³/mol. The Morgan fingerprint density at radius 1 is 1.07 bits per heavy atom. The van der Waals surface area contributed by atoms with Crippen molar-refractivity contribution < 1.29 is 13.2 Å². The number of amides is 1. The number of primary sulfonamides is 1. The Morgan fingerprint density at radius 2 is 1.75 bits per heavy atom. The summed E-state index contributed by atoms with van der Waals surface area (Å²) < 4.78 is 23.5. The zero-order valence-electron chi connectivity index (χ0n) is 15.4. The average molecular weight is 418 g/mol. The van der Waals surface area contributed by atoms with Crippen LogP contribution < -0.4 is 10.5 Å². The van der Waals surface area contributed by atoms with Crippen LogP contribution in [0.2, 0.25) is 0 Å². The summed E-state index contributed by atoms with van der Waals surface area (Å²) in [7, 11) is -3.78. The molecule has 2 bridgehead atoms. The molecule has 3 saturated heterocycles. The highest BCUT2D eigenvalue weighted by atomic mass is 32.2. The molecule has 0 spiro atoms. The van der Waals surface area contributed by atoms with Gasteiger partial charge in [0.1, 0.15) is 0 Å². The van der Waals surface area contributed by atoms with E-state index in [0.717, 1.165) is 37.4 Å². The molecule has 3 aliphatic rings. The molecular weight excluding hydrogens is 394 g/mol. The summed E-state index contributed by atoms with van der Waals surface area (Å²) in [5.74, 6) is 0.527. The van der Waals surface area contributed by atoms with E-state index in [4.69, 9.17) is 5.14 Å². The SMILES string of the molecule is NS(=O)(=O)c1ccccc1Sc1ccc(C(=O)NC2CN3CCC2CC3)cc1. The molecule has 3 fully saturated rings. The highest BCUT2D eigenvalue weighted by Crippen LogP contribution is 2.32. The van der Waals surface area contributed by atoms with E-state index in [-0.39, 0.29) is 16.8 Å². The van der Waals surface area contributed by atoms with Crippen LogP contribution in [-0.4, -0.2) is 44.9 Å². The van der Waals surface area contributed by atoms with Crippen LogP contribution in [0.4, 0.5) is 0 Å². The van der Waals surface area contributed by atoms with E-state index in [0.29, 0.717) is 16.4 Å². The van der Waals surface area contributed by atoms with Crippen LogP contribution >= 0.6 is 11.8 Å². The van der Waals surface area contributed by atoms with E-state index in [9.17, 15) is 13.2 Å². The molecule has 1 amide bonds. The van der Waals surface area contributed by atoms with Gasteiger partial charge in [-0.3, -0.25) is 4.79 Å². The molecule has 28 heavy (non-hydrogen) atoms. The first-order chi connectivity index (χ1) is 13.4. The van der Waals surface area contributed by atoms with E-state index < -0.39 is 10.0 Å². The molecule has 6 nitrogen and oxygen atoms in total. The quantitative estimate of drug-likeness (QED) is 0.779. The Hall–Kier alpha value is -1.87. The van der Waals surface area contributed by atoms with Crippen LogP contribution in [0.1, 0.15) is 23.2 Å². The van der Waals surface area contributed by atoms with Gasteiger partial charge in [-0.1, -0.05) is 23.9 Å². The number of fused-ring (bicyclic) bond motifs is 3. The number of hydrogen-bond acceptors (Lipinski definition) is 5. The number of piperidine rings is 3. The third-order valence-corrected chi connectivity index (χ3v) is 7.65.